The van der Waals surface area contributed by atoms with Gasteiger partial charge in [0.2, 0.25) is 0 Å². The summed E-state index contributed by atoms with van der Waals surface area (Å²) in [6, 6.07) is 16.1. The Morgan fingerprint density at radius 3 is 2.50 bits per heavy atom. The minimum atomic E-state index is -0.0543. The van der Waals surface area contributed by atoms with Crippen molar-refractivity contribution in [1.82, 2.24) is 0 Å². The number of benzene rings is 2. The van der Waals surface area contributed by atoms with E-state index in [1.54, 1.807) is 4.90 Å². The van der Waals surface area contributed by atoms with E-state index >= 15 is 0 Å². The van der Waals surface area contributed by atoms with Crippen molar-refractivity contribution in [3.63, 3.8) is 0 Å². The van der Waals surface area contributed by atoms with Crippen LogP contribution in [-0.4, -0.2) is 16.8 Å². The lowest BCUT2D eigenvalue weighted by molar-refractivity contribution is -0.113. The van der Waals surface area contributed by atoms with Gasteiger partial charge < -0.3 is 4.90 Å². The van der Waals surface area contributed by atoms with E-state index in [9.17, 15) is 4.79 Å². The molecule has 0 bridgehead atoms. The molecule has 0 aromatic heterocycles. The average molecular weight is 379 g/mol. The normalized spacial score (nSPS) is 19.3. The number of carbonyl (C=O) groups excluding carboxylic acids is 1. The standard InChI is InChI=1S/C21H18N2OS2/c1-3-22-17-7-5-4-6-15(17)10-13-18(22)19-20(24)23(21(25)26-19)16-11-8-14(2)9-12-16/h4-13H,3H2,1-2H3/b19-18-. The van der Waals surface area contributed by atoms with Gasteiger partial charge in [0, 0.05) is 12.2 Å². The fourth-order valence-corrected chi connectivity index (χ4v) is 4.60. The number of carbonyl (C=O) groups is 1. The molecule has 1 saturated heterocycles. The fourth-order valence-electron chi connectivity index (χ4n) is 3.24. The number of likely N-dealkylation sites (N-methyl/N-ethyl adjacent to an activating group) is 1. The second kappa shape index (κ2) is 6.74. The molecule has 26 heavy (non-hydrogen) atoms. The third-order valence-corrected chi connectivity index (χ3v) is 5.93. The number of thiocarbonyl (C=S) groups is 1. The third-order valence-electron chi connectivity index (χ3n) is 4.55. The van der Waals surface area contributed by atoms with E-state index in [0.29, 0.717) is 9.23 Å². The van der Waals surface area contributed by atoms with Crippen LogP contribution in [0.15, 0.2) is 65.2 Å². The quantitative estimate of drug-likeness (QED) is 0.534. The van der Waals surface area contributed by atoms with Crippen molar-refractivity contribution < 1.29 is 4.79 Å². The van der Waals surface area contributed by atoms with Crippen LogP contribution >= 0.6 is 24.0 Å². The molecule has 3 nitrogen and oxygen atoms in total. The molecule has 0 spiro atoms. The van der Waals surface area contributed by atoms with Crippen molar-refractivity contribution in [3.8, 4) is 0 Å². The van der Waals surface area contributed by atoms with E-state index in [4.69, 9.17) is 12.2 Å². The van der Waals surface area contributed by atoms with E-state index in [-0.39, 0.29) is 5.91 Å². The van der Waals surface area contributed by atoms with Gasteiger partial charge in [0.15, 0.2) is 4.32 Å². The molecule has 0 saturated carbocycles. The fraction of sp³-hybridized carbons (Fsp3) is 0.143. The number of fused-ring (bicyclic) bond motifs is 1. The number of para-hydroxylation sites is 1. The molecule has 2 aromatic rings. The van der Waals surface area contributed by atoms with E-state index in [1.807, 2.05) is 49.4 Å². The summed E-state index contributed by atoms with van der Waals surface area (Å²) >= 11 is 6.90. The highest BCUT2D eigenvalue weighted by Gasteiger charge is 2.37. The largest absolute Gasteiger partial charge is 0.340 e. The van der Waals surface area contributed by atoms with Crippen LogP contribution < -0.4 is 9.80 Å². The third kappa shape index (κ3) is 2.77. The Morgan fingerprint density at radius 2 is 1.77 bits per heavy atom. The lowest BCUT2D eigenvalue weighted by Crippen LogP contribution is -2.30. The van der Waals surface area contributed by atoms with Crippen molar-refractivity contribution in [2.24, 2.45) is 0 Å². The van der Waals surface area contributed by atoms with Gasteiger partial charge in [-0.25, -0.2) is 0 Å². The minimum absolute atomic E-state index is 0.0543. The summed E-state index contributed by atoms with van der Waals surface area (Å²) in [7, 11) is 0. The molecule has 2 aromatic carbocycles. The summed E-state index contributed by atoms with van der Waals surface area (Å²) in [6.07, 6.45) is 4.09. The average Bonchev–Trinajstić information content (AvgIpc) is 2.95. The number of amides is 1. The second-order valence-corrected chi connectivity index (χ2v) is 7.84. The molecule has 1 fully saturated rings. The van der Waals surface area contributed by atoms with Crippen LogP contribution in [0.3, 0.4) is 0 Å². The summed E-state index contributed by atoms with van der Waals surface area (Å²) in [6.45, 7) is 4.90. The number of anilines is 2. The van der Waals surface area contributed by atoms with E-state index < -0.39 is 0 Å². The molecule has 1 amide bonds. The van der Waals surface area contributed by atoms with Gasteiger partial charge in [-0.05, 0) is 43.7 Å². The van der Waals surface area contributed by atoms with Crippen LogP contribution in [0.25, 0.3) is 6.08 Å². The molecular weight excluding hydrogens is 360 g/mol. The van der Waals surface area contributed by atoms with Crippen LogP contribution in [0.2, 0.25) is 0 Å². The molecule has 4 rings (SSSR count). The van der Waals surface area contributed by atoms with Crippen LogP contribution in [0.1, 0.15) is 18.1 Å². The monoisotopic (exact) mass is 378 g/mol. The maximum atomic E-state index is 13.2. The molecule has 0 N–H and O–H groups in total. The highest BCUT2D eigenvalue weighted by atomic mass is 32.2. The van der Waals surface area contributed by atoms with Gasteiger partial charge in [-0.15, -0.1) is 0 Å². The maximum absolute atomic E-state index is 13.2. The first-order chi connectivity index (χ1) is 12.6. The summed E-state index contributed by atoms with van der Waals surface area (Å²) in [5, 5.41) is 0. The lowest BCUT2D eigenvalue weighted by atomic mass is 10.1. The van der Waals surface area contributed by atoms with Gasteiger partial charge in [-0.1, -0.05) is 66.0 Å². The Labute approximate surface area is 163 Å². The van der Waals surface area contributed by atoms with Crippen LogP contribution in [0.4, 0.5) is 11.4 Å². The summed E-state index contributed by atoms with van der Waals surface area (Å²) in [5.41, 5.74) is 5.16. The first kappa shape index (κ1) is 17.1. The molecule has 130 valence electrons. The summed E-state index contributed by atoms with van der Waals surface area (Å²) < 4.78 is 0.574. The number of nitrogens with zero attached hydrogens (tertiary/aromatic N) is 2. The molecule has 2 heterocycles. The van der Waals surface area contributed by atoms with Crippen LogP contribution in [0, 0.1) is 6.92 Å². The maximum Gasteiger partial charge on any atom is 0.272 e. The number of allylic oxidation sites excluding steroid dienone is 1. The van der Waals surface area contributed by atoms with Gasteiger partial charge in [0.25, 0.3) is 5.91 Å². The molecule has 2 aliphatic heterocycles. The smallest absolute Gasteiger partial charge is 0.272 e. The van der Waals surface area contributed by atoms with Gasteiger partial charge >= 0.3 is 0 Å². The first-order valence-corrected chi connectivity index (χ1v) is 9.74. The zero-order valence-corrected chi connectivity index (χ0v) is 16.2. The van der Waals surface area contributed by atoms with Crippen molar-refractivity contribution in [3.05, 3.63) is 76.3 Å². The lowest BCUT2D eigenvalue weighted by Gasteiger charge is -2.30. The summed E-state index contributed by atoms with van der Waals surface area (Å²) in [4.78, 5) is 17.7. The minimum Gasteiger partial charge on any atom is -0.340 e. The number of rotatable bonds is 2. The van der Waals surface area contributed by atoms with Crippen LogP contribution in [-0.2, 0) is 4.79 Å². The number of thioether (sulfide) groups is 1. The molecule has 0 unspecified atom stereocenters. The van der Waals surface area contributed by atoms with Crippen molar-refractivity contribution in [2.45, 2.75) is 13.8 Å². The number of hydrogen-bond acceptors (Lipinski definition) is 4. The molecule has 5 heteroatoms. The Hall–Kier alpha value is -2.37. The number of hydrogen-bond donors (Lipinski definition) is 0. The highest BCUT2D eigenvalue weighted by Crippen LogP contribution is 2.41. The SMILES string of the molecule is CCN1/C(=C2\SC(=S)N(c3ccc(C)cc3)C2=O)C=Cc2ccccc21. The highest BCUT2D eigenvalue weighted by molar-refractivity contribution is 8.27. The van der Waals surface area contributed by atoms with Crippen molar-refractivity contribution in [2.75, 3.05) is 16.3 Å². The van der Waals surface area contributed by atoms with Crippen LogP contribution in [0.5, 0.6) is 0 Å². The molecule has 0 atom stereocenters. The Morgan fingerprint density at radius 1 is 1.04 bits per heavy atom. The predicted molar refractivity (Wildman–Crippen MR) is 114 cm³/mol. The topological polar surface area (TPSA) is 23.6 Å². The molecular formula is C21H18N2OS2. The molecule has 0 aliphatic carbocycles. The van der Waals surface area contributed by atoms with Crippen molar-refractivity contribution in [1.29, 1.82) is 0 Å². The van der Waals surface area contributed by atoms with Gasteiger partial charge in [-0.2, -0.15) is 0 Å². The Balaban J connectivity index is 1.77. The van der Waals surface area contributed by atoms with Gasteiger partial charge in [0.05, 0.1) is 11.4 Å². The predicted octanol–water partition coefficient (Wildman–Crippen LogP) is 5.12. The van der Waals surface area contributed by atoms with E-state index in [0.717, 1.165) is 34.7 Å². The Kier molecular flexibility index (Phi) is 4.42. The number of aryl methyl sites for hydroxylation is 1. The molecule has 2 aliphatic rings. The van der Waals surface area contributed by atoms with Gasteiger partial charge in [-0.3, -0.25) is 9.69 Å². The summed E-state index contributed by atoms with van der Waals surface area (Å²) in [5.74, 6) is -0.0543. The zero-order valence-electron chi connectivity index (χ0n) is 14.6. The second-order valence-electron chi connectivity index (χ2n) is 6.19. The van der Waals surface area contributed by atoms with E-state index in [1.165, 1.54) is 11.8 Å². The van der Waals surface area contributed by atoms with E-state index in [2.05, 4.69) is 30.0 Å². The van der Waals surface area contributed by atoms with Gasteiger partial charge in [0.1, 0.15) is 4.91 Å². The first-order valence-electron chi connectivity index (χ1n) is 8.52. The Bertz CT molecular complexity index is 960. The van der Waals surface area contributed by atoms with Crippen molar-refractivity contribution >= 4 is 51.7 Å². The zero-order chi connectivity index (χ0) is 18.3. The molecule has 0 radical (unpaired) electrons.